The number of amides is 1. The molecule has 0 aromatic carbocycles. The van der Waals surface area contributed by atoms with E-state index in [1.807, 2.05) is 0 Å². The molecule has 0 heterocycles. The highest BCUT2D eigenvalue weighted by molar-refractivity contribution is 7.47. The highest BCUT2D eigenvalue weighted by Crippen LogP contribution is 2.43. The first kappa shape index (κ1) is 56.2. The Bertz CT molecular complexity index is 1040. The van der Waals surface area contributed by atoms with Crippen molar-refractivity contribution in [1.29, 1.82) is 0 Å². The van der Waals surface area contributed by atoms with Crippen LogP contribution in [0.25, 0.3) is 0 Å². The molecule has 3 atom stereocenters. The fraction of sp³-hybridized carbons (Fsp3) is 0.891. The van der Waals surface area contributed by atoms with Gasteiger partial charge in [0.1, 0.15) is 12.7 Å². The van der Waals surface area contributed by atoms with Crippen LogP contribution in [0.2, 0.25) is 0 Å². The molecule has 0 aliphatic carbocycles. The van der Waals surface area contributed by atoms with Gasteiger partial charge in [-0.25, -0.2) is 9.36 Å². The minimum absolute atomic E-state index is 0.137. The number of phosphoric ester groups is 1. The number of aliphatic hydroxyl groups is 1. The Kier molecular flexibility index (Phi) is 40.6. The van der Waals surface area contributed by atoms with E-state index < -0.39 is 57.6 Å². The molecule has 0 rings (SSSR count). The molecule has 0 saturated heterocycles. The minimum atomic E-state index is -4.75. The number of carbonyl (C=O) groups excluding carboxylic acids is 2. The topological polar surface area (TPSA) is 169 Å². The number of hydrogen-bond donors (Lipinski definition) is 4. The van der Waals surface area contributed by atoms with Crippen molar-refractivity contribution >= 4 is 25.7 Å². The lowest BCUT2D eigenvalue weighted by Gasteiger charge is -2.18. The van der Waals surface area contributed by atoms with Crippen molar-refractivity contribution in [2.45, 2.75) is 244 Å². The molecule has 342 valence electrons. The SMILES string of the molecule is CCC/C=C\CCCCCCCC(=O)NC(COP(=O)(O)OCC(O)COC(=O)CCCCCCCCCCCCCCCCCCCCCCCCCC)C(=O)O. The highest BCUT2D eigenvalue weighted by atomic mass is 31.2. The van der Waals surface area contributed by atoms with E-state index in [2.05, 4.69) is 31.3 Å². The zero-order valence-electron chi connectivity index (χ0n) is 37.1. The number of carbonyl (C=O) groups is 3. The van der Waals surface area contributed by atoms with Crippen LogP contribution in [0.3, 0.4) is 0 Å². The fourth-order valence-electron chi connectivity index (χ4n) is 6.85. The molecule has 12 heteroatoms. The number of allylic oxidation sites excluding steroid dienone is 2. The number of ether oxygens (including phenoxy) is 1. The van der Waals surface area contributed by atoms with E-state index >= 15 is 0 Å². The number of esters is 1. The molecule has 0 aromatic rings. The maximum absolute atomic E-state index is 12.2. The Morgan fingerprint density at radius 3 is 1.38 bits per heavy atom. The summed E-state index contributed by atoms with van der Waals surface area (Å²) in [5, 5.41) is 21.8. The lowest BCUT2D eigenvalue weighted by Crippen LogP contribution is -2.43. The van der Waals surface area contributed by atoms with Gasteiger partial charge in [0.25, 0.3) is 0 Å². The highest BCUT2D eigenvalue weighted by Gasteiger charge is 2.28. The van der Waals surface area contributed by atoms with Crippen molar-refractivity contribution in [2.75, 3.05) is 19.8 Å². The zero-order valence-corrected chi connectivity index (χ0v) is 38.0. The number of aliphatic carboxylic acids is 1. The maximum atomic E-state index is 12.2. The van der Waals surface area contributed by atoms with E-state index in [4.69, 9.17) is 13.8 Å². The van der Waals surface area contributed by atoms with Crippen LogP contribution in [0.4, 0.5) is 0 Å². The quantitative estimate of drug-likeness (QED) is 0.0200. The van der Waals surface area contributed by atoms with E-state index in [1.54, 1.807) is 0 Å². The summed E-state index contributed by atoms with van der Waals surface area (Å²) in [6.45, 7) is 2.54. The molecule has 11 nitrogen and oxygen atoms in total. The van der Waals surface area contributed by atoms with E-state index in [9.17, 15) is 34.1 Å². The predicted molar refractivity (Wildman–Crippen MR) is 236 cm³/mol. The van der Waals surface area contributed by atoms with Crippen LogP contribution in [-0.4, -0.2) is 64.9 Å². The standard InChI is InChI=1S/C46H88NO10P/c1-3-5-7-9-11-13-15-16-17-18-19-20-21-22-23-24-25-26-27-28-30-32-34-36-38-45(50)55-39-42(48)40-56-58(53,54)57-41-43(46(51)52)47-44(49)37-35-33-31-29-14-12-10-8-6-4-2/h8,10,42-43,48H,3-7,9,11-41H2,1-2H3,(H,47,49)(H,51,52)(H,53,54)/b10-8-. The second-order valence-corrected chi connectivity index (χ2v) is 17.8. The molecule has 0 fully saturated rings. The number of rotatable bonds is 45. The van der Waals surface area contributed by atoms with Crippen LogP contribution in [-0.2, 0) is 32.7 Å². The molecule has 0 aliphatic heterocycles. The third kappa shape index (κ3) is 41.0. The summed E-state index contributed by atoms with van der Waals surface area (Å²) in [5.41, 5.74) is 0. The smallest absolute Gasteiger partial charge is 0.472 e. The molecule has 0 aromatic heterocycles. The molecule has 0 bridgehead atoms. The normalized spacial score (nSPS) is 13.7. The van der Waals surface area contributed by atoms with Crippen molar-refractivity contribution < 1.29 is 47.8 Å². The summed E-state index contributed by atoms with van der Waals surface area (Å²) in [4.78, 5) is 45.8. The summed E-state index contributed by atoms with van der Waals surface area (Å²) in [6.07, 6.45) is 42.7. The van der Waals surface area contributed by atoms with Crippen molar-refractivity contribution in [1.82, 2.24) is 5.32 Å². The third-order valence-corrected chi connectivity index (χ3v) is 11.5. The Morgan fingerprint density at radius 2 is 0.931 bits per heavy atom. The third-order valence-electron chi connectivity index (χ3n) is 10.5. The fourth-order valence-corrected chi connectivity index (χ4v) is 7.62. The summed E-state index contributed by atoms with van der Waals surface area (Å²) >= 11 is 0. The van der Waals surface area contributed by atoms with Crippen LogP contribution < -0.4 is 5.32 Å². The van der Waals surface area contributed by atoms with Gasteiger partial charge in [-0.1, -0.05) is 199 Å². The first-order chi connectivity index (χ1) is 28.1. The predicted octanol–water partition coefficient (Wildman–Crippen LogP) is 12.5. The number of hydrogen-bond acceptors (Lipinski definition) is 8. The molecule has 0 aliphatic rings. The van der Waals surface area contributed by atoms with Crippen LogP contribution in [0.15, 0.2) is 12.2 Å². The minimum Gasteiger partial charge on any atom is -0.480 e. The van der Waals surface area contributed by atoms with E-state index in [1.165, 1.54) is 128 Å². The van der Waals surface area contributed by atoms with Gasteiger partial charge in [-0.2, -0.15) is 0 Å². The Balaban J connectivity index is 3.73. The average molecular weight is 846 g/mol. The van der Waals surface area contributed by atoms with Gasteiger partial charge in [-0.15, -0.1) is 0 Å². The first-order valence-electron chi connectivity index (χ1n) is 23.7. The van der Waals surface area contributed by atoms with Gasteiger partial charge in [0.05, 0.1) is 13.2 Å². The van der Waals surface area contributed by atoms with Crippen molar-refractivity contribution in [2.24, 2.45) is 0 Å². The molecule has 0 radical (unpaired) electrons. The lowest BCUT2D eigenvalue weighted by molar-refractivity contribution is -0.147. The summed E-state index contributed by atoms with van der Waals surface area (Å²) in [6, 6.07) is -1.55. The lowest BCUT2D eigenvalue weighted by atomic mass is 10.0. The second kappa shape index (κ2) is 41.9. The van der Waals surface area contributed by atoms with Gasteiger partial charge in [-0.05, 0) is 32.1 Å². The number of phosphoric acid groups is 1. The van der Waals surface area contributed by atoms with Crippen molar-refractivity contribution in [3.05, 3.63) is 12.2 Å². The number of unbranched alkanes of at least 4 members (excludes halogenated alkanes) is 29. The molecule has 1 amide bonds. The number of aliphatic hydroxyl groups excluding tert-OH is 1. The zero-order chi connectivity index (χ0) is 42.8. The molecule has 0 saturated carbocycles. The van der Waals surface area contributed by atoms with E-state index in [-0.39, 0.29) is 12.8 Å². The van der Waals surface area contributed by atoms with Gasteiger partial charge < -0.3 is 25.2 Å². The van der Waals surface area contributed by atoms with Crippen LogP contribution in [0.1, 0.15) is 232 Å². The summed E-state index contributed by atoms with van der Waals surface area (Å²) in [7, 11) is -4.75. The second-order valence-electron chi connectivity index (χ2n) is 16.3. The van der Waals surface area contributed by atoms with Gasteiger partial charge in [0, 0.05) is 12.8 Å². The number of nitrogens with one attached hydrogen (secondary N) is 1. The van der Waals surface area contributed by atoms with E-state index in [0.29, 0.717) is 12.8 Å². The van der Waals surface area contributed by atoms with Gasteiger partial charge >= 0.3 is 19.8 Å². The first-order valence-corrected chi connectivity index (χ1v) is 25.2. The molecular formula is C46H88NO10P. The van der Waals surface area contributed by atoms with Crippen LogP contribution in [0, 0.1) is 0 Å². The maximum Gasteiger partial charge on any atom is 0.472 e. The monoisotopic (exact) mass is 846 g/mol. The Hall–Kier alpha value is -1.78. The van der Waals surface area contributed by atoms with Crippen molar-refractivity contribution in [3.63, 3.8) is 0 Å². The molecular weight excluding hydrogens is 757 g/mol. The largest absolute Gasteiger partial charge is 0.480 e. The van der Waals surface area contributed by atoms with Crippen LogP contribution in [0.5, 0.6) is 0 Å². The number of carboxylic acids is 1. The average Bonchev–Trinajstić information content (AvgIpc) is 3.20. The van der Waals surface area contributed by atoms with Crippen molar-refractivity contribution in [3.8, 4) is 0 Å². The molecule has 4 N–H and O–H groups in total. The number of carboxylic acid groups (broad SMARTS) is 1. The summed E-state index contributed by atoms with van der Waals surface area (Å²) in [5.74, 6) is -2.38. The van der Waals surface area contributed by atoms with Crippen LogP contribution >= 0.6 is 7.82 Å². The van der Waals surface area contributed by atoms with Gasteiger partial charge in [-0.3, -0.25) is 18.6 Å². The van der Waals surface area contributed by atoms with E-state index in [0.717, 1.165) is 64.2 Å². The molecule has 0 spiro atoms. The van der Waals surface area contributed by atoms with Gasteiger partial charge in [0.2, 0.25) is 5.91 Å². The molecule has 58 heavy (non-hydrogen) atoms. The van der Waals surface area contributed by atoms with Gasteiger partial charge in [0.15, 0.2) is 6.04 Å². The Labute approximate surface area is 354 Å². The molecule has 3 unspecified atom stereocenters. The Morgan fingerprint density at radius 1 is 0.534 bits per heavy atom. The summed E-state index contributed by atoms with van der Waals surface area (Å²) < 4.78 is 26.8.